The SMILES string of the molecule is C/C=C/CCCCC(=O)[C@@H](C)C(=O)NCCCC(=O)O. The standard InChI is InChI=1S/C15H25NO4/c1-3-4-5-6-7-9-13(17)12(2)15(20)16-11-8-10-14(18)19/h3-4,12H,5-11H2,1-2H3,(H,16,20)(H,18,19)/b4-3+/t12-/m1/s1. The molecule has 5 nitrogen and oxygen atoms in total. The molecule has 5 heteroatoms. The number of nitrogens with one attached hydrogen (secondary N) is 1. The normalized spacial score (nSPS) is 12.3. The van der Waals surface area contributed by atoms with Crippen molar-refractivity contribution >= 4 is 17.7 Å². The molecular weight excluding hydrogens is 258 g/mol. The molecule has 0 spiro atoms. The van der Waals surface area contributed by atoms with Gasteiger partial charge in [-0.05, 0) is 39.5 Å². The minimum Gasteiger partial charge on any atom is -0.481 e. The van der Waals surface area contributed by atoms with Gasteiger partial charge in [-0.25, -0.2) is 0 Å². The molecule has 0 fully saturated rings. The molecule has 20 heavy (non-hydrogen) atoms. The highest BCUT2D eigenvalue weighted by Gasteiger charge is 2.20. The van der Waals surface area contributed by atoms with Crippen LogP contribution >= 0.6 is 0 Å². The second-order valence-electron chi connectivity index (χ2n) is 4.79. The summed E-state index contributed by atoms with van der Waals surface area (Å²) in [6, 6.07) is 0. The number of aliphatic carboxylic acids is 1. The molecule has 1 atom stereocenters. The average Bonchev–Trinajstić information content (AvgIpc) is 2.41. The van der Waals surface area contributed by atoms with Crippen LogP contribution in [0.4, 0.5) is 0 Å². The Morgan fingerprint density at radius 2 is 1.85 bits per heavy atom. The summed E-state index contributed by atoms with van der Waals surface area (Å²) < 4.78 is 0. The maximum atomic E-state index is 11.8. The third kappa shape index (κ3) is 9.30. The van der Waals surface area contributed by atoms with Gasteiger partial charge in [0, 0.05) is 19.4 Å². The molecule has 0 saturated heterocycles. The summed E-state index contributed by atoms with van der Waals surface area (Å²) in [5, 5.41) is 11.1. The summed E-state index contributed by atoms with van der Waals surface area (Å²) in [5.74, 6) is -1.90. The number of allylic oxidation sites excluding steroid dienone is 2. The zero-order valence-corrected chi connectivity index (χ0v) is 12.4. The summed E-state index contributed by atoms with van der Waals surface area (Å²) in [6.07, 6.45) is 7.56. The predicted octanol–water partition coefficient (Wildman–Crippen LogP) is 2.31. The third-order valence-corrected chi connectivity index (χ3v) is 3.02. The predicted molar refractivity (Wildman–Crippen MR) is 77.3 cm³/mol. The van der Waals surface area contributed by atoms with E-state index in [1.165, 1.54) is 0 Å². The number of hydrogen-bond donors (Lipinski definition) is 2. The first-order valence-electron chi connectivity index (χ1n) is 7.12. The van der Waals surface area contributed by atoms with E-state index in [1.807, 2.05) is 13.0 Å². The number of carboxylic acid groups (broad SMARTS) is 1. The van der Waals surface area contributed by atoms with Crippen molar-refractivity contribution < 1.29 is 19.5 Å². The van der Waals surface area contributed by atoms with Gasteiger partial charge in [-0.2, -0.15) is 0 Å². The fourth-order valence-corrected chi connectivity index (χ4v) is 1.70. The van der Waals surface area contributed by atoms with Crippen LogP contribution in [-0.2, 0) is 14.4 Å². The Balaban J connectivity index is 3.80. The van der Waals surface area contributed by atoms with Crippen LogP contribution in [0.25, 0.3) is 0 Å². The average molecular weight is 283 g/mol. The minimum absolute atomic E-state index is 0.0214. The van der Waals surface area contributed by atoms with Gasteiger partial charge in [0.2, 0.25) is 5.91 Å². The summed E-state index contributed by atoms with van der Waals surface area (Å²) >= 11 is 0. The Hall–Kier alpha value is -1.65. The first-order chi connectivity index (χ1) is 9.49. The van der Waals surface area contributed by atoms with Crippen LogP contribution in [0.5, 0.6) is 0 Å². The number of amides is 1. The van der Waals surface area contributed by atoms with Crippen LogP contribution in [0, 0.1) is 5.92 Å². The van der Waals surface area contributed by atoms with E-state index < -0.39 is 11.9 Å². The van der Waals surface area contributed by atoms with Crippen LogP contribution < -0.4 is 5.32 Å². The summed E-state index contributed by atoms with van der Waals surface area (Å²) in [6.45, 7) is 3.85. The van der Waals surface area contributed by atoms with Gasteiger partial charge in [-0.1, -0.05) is 12.2 Å². The summed E-state index contributed by atoms with van der Waals surface area (Å²) in [5.41, 5.74) is 0. The lowest BCUT2D eigenvalue weighted by atomic mass is 10.00. The molecule has 114 valence electrons. The van der Waals surface area contributed by atoms with E-state index in [1.54, 1.807) is 6.92 Å². The van der Waals surface area contributed by atoms with Crippen molar-refractivity contribution in [1.29, 1.82) is 0 Å². The molecule has 1 amide bonds. The van der Waals surface area contributed by atoms with E-state index in [0.717, 1.165) is 19.3 Å². The molecule has 0 aliphatic rings. The smallest absolute Gasteiger partial charge is 0.303 e. The number of carboxylic acids is 1. The Kier molecular flexibility index (Phi) is 10.3. The molecule has 2 N–H and O–H groups in total. The molecule has 0 aliphatic carbocycles. The number of ketones is 1. The monoisotopic (exact) mass is 283 g/mol. The second kappa shape index (κ2) is 11.2. The van der Waals surface area contributed by atoms with Gasteiger partial charge < -0.3 is 10.4 Å². The van der Waals surface area contributed by atoms with Gasteiger partial charge in [0.05, 0.1) is 5.92 Å². The Morgan fingerprint density at radius 3 is 2.45 bits per heavy atom. The molecule has 0 bridgehead atoms. The first-order valence-corrected chi connectivity index (χ1v) is 7.12. The molecular formula is C15H25NO4. The fraction of sp³-hybridized carbons (Fsp3) is 0.667. The number of rotatable bonds is 11. The topological polar surface area (TPSA) is 83.5 Å². The molecule has 0 rings (SSSR count). The second-order valence-corrected chi connectivity index (χ2v) is 4.79. The van der Waals surface area contributed by atoms with Crippen molar-refractivity contribution in [1.82, 2.24) is 5.32 Å². The van der Waals surface area contributed by atoms with E-state index in [4.69, 9.17) is 5.11 Å². The van der Waals surface area contributed by atoms with Crippen molar-refractivity contribution in [2.45, 2.75) is 52.4 Å². The maximum Gasteiger partial charge on any atom is 0.303 e. The highest BCUT2D eigenvalue weighted by molar-refractivity contribution is 6.00. The van der Waals surface area contributed by atoms with Crippen LogP contribution in [-0.4, -0.2) is 29.3 Å². The van der Waals surface area contributed by atoms with Gasteiger partial charge in [0.15, 0.2) is 0 Å². The maximum absolute atomic E-state index is 11.8. The zero-order valence-electron chi connectivity index (χ0n) is 12.4. The van der Waals surface area contributed by atoms with Crippen molar-refractivity contribution in [3.63, 3.8) is 0 Å². The molecule has 0 aromatic rings. The molecule has 0 heterocycles. The van der Waals surface area contributed by atoms with Crippen LogP contribution in [0.15, 0.2) is 12.2 Å². The summed E-state index contributed by atoms with van der Waals surface area (Å²) in [7, 11) is 0. The van der Waals surface area contributed by atoms with Crippen LogP contribution in [0.3, 0.4) is 0 Å². The van der Waals surface area contributed by atoms with E-state index in [0.29, 0.717) is 19.4 Å². The highest BCUT2D eigenvalue weighted by Crippen LogP contribution is 2.07. The van der Waals surface area contributed by atoms with Crippen molar-refractivity contribution in [3.05, 3.63) is 12.2 Å². The molecule has 0 aromatic carbocycles. The van der Waals surface area contributed by atoms with E-state index in [-0.39, 0.29) is 18.1 Å². The lowest BCUT2D eigenvalue weighted by Crippen LogP contribution is -2.34. The number of hydrogen-bond acceptors (Lipinski definition) is 3. The van der Waals surface area contributed by atoms with Gasteiger partial charge in [-0.3, -0.25) is 14.4 Å². The Labute approximate surface area is 120 Å². The van der Waals surface area contributed by atoms with Crippen molar-refractivity contribution in [3.8, 4) is 0 Å². The first kappa shape index (κ1) is 18.4. The van der Waals surface area contributed by atoms with Gasteiger partial charge in [0.25, 0.3) is 0 Å². The van der Waals surface area contributed by atoms with Gasteiger partial charge >= 0.3 is 5.97 Å². The lowest BCUT2D eigenvalue weighted by Gasteiger charge is -2.10. The van der Waals surface area contributed by atoms with E-state index in [2.05, 4.69) is 11.4 Å². The quantitative estimate of drug-likeness (QED) is 0.346. The largest absolute Gasteiger partial charge is 0.481 e. The highest BCUT2D eigenvalue weighted by atomic mass is 16.4. The minimum atomic E-state index is -0.885. The third-order valence-electron chi connectivity index (χ3n) is 3.02. The van der Waals surface area contributed by atoms with E-state index in [9.17, 15) is 14.4 Å². The number of unbranched alkanes of at least 4 members (excludes halogenated alkanes) is 2. The number of carbonyl (C=O) groups excluding carboxylic acids is 2. The van der Waals surface area contributed by atoms with Crippen molar-refractivity contribution in [2.75, 3.05) is 6.54 Å². The molecule has 0 saturated carbocycles. The number of carbonyl (C=O) groups is 3. The molecule has 0 aromatic heterocycles. The Morgan fingerprint density at radius 1 is 1.15 bits per heavy atom. The van der Waals surface area contributed by atoms with Crippen molar-refractivity contribution in [2.24, 2.45) is 5.92 Å². The molecule has 0 aliphatic heterocycles. The lowest BCUT2D eigenvalue weighted by molar-refractivity contribution is -0.138. The van der Waals surface area contributed by atoms with Crippen LogP contribution in [0.2, 0.25) is 0 Å². The number of Topliss-reactive ketones (excluding diaryl/α,β-unsaturated/α-hetero) is 1. The molecule has 0 unspecified atom stereocenters. The van der Waals surface area contributed by atoms with Crippen LogP contribution in [0.1, 0.15) is 52.4 Å². The van der Waals surface area contributed by atoms with E-state index >= 15 is 0 Å². The van der Waals surface area contributed by atoms with Gasteiger partial charge in [0.1, 0.15) is 5.78 Å². The summed E-state index contributed by atoms with van der Waals surface area (Å²) in [4.78, 5) is 33.8. The molecule has 0 radical (unpaired) electrons. The Bertz CT molecular complexity index is 350. The fourth-order valence-electron chi connectivity index (χ4n) is 1.70. The zero-order chi connectivity index (χ0) is 15.4. The van der Waals surface area contributed by atoms with Gasteiger partial charge in [-0.15, -0.1) is 0 Å².